The first-order valence-electron chi connectivity index (χ1n) is 4.31. The molecule has 0 N–H and O–H groups in total. The SMILES string of the molecule is Cc1cnc(-n2ccc(C)n2)c(Br)c1. The van der Waals surface area contributed by atoms with Gasteiger partial charge in [-0.05, 0) is 47.5 Å². The molecule has 0 aliphatic rings. The summed E-state index contributed by atoms with van der Waals surface area (Å²) in [5.41, 5.74) is 2.11. The van der Waals surface area contributed by atoms with Gasteiger partial charge in [-0.2, -0.15) is 5.10 Å². The minimum Gasteiger partial charge on any atom is -0.236 e. The van der Waals surface area contributed by atoms with Crippen LogP contribution in [0.25, 0.3) is 5.82 Å². The molecule has 0 aromatic carbocycles. The number of aromatic nitrogens is 3. The fourth-order valence-corrected chi connectivity index (χ4v) is 1.87. The maximum absolute atomic E-state index is 4.31. The lowest BCUT2D eigenvalue weighted by Crippen LogP contribution is -1.99. The van der Waals surface area contributed by atoms with Gasteiger partial charge in [0.05, 0.1) is 10.2 Å². The summed E-state index contributed by atoms with van der Waals surface area (Å²) in [6.45, 7) is 3.97. The molecule has 0 unspecified atom stereocenters. The van der Waals surface area contributed by atoms with E-state index in [4.69, 9.17) is 0 Å². The van der Waals surface area contributed by atoms with Crippen LogP contribution in [0.3, 0.4) is 0 Å². The number of aryl methyl sites for hydroxylation is 2. The van der Waals surface area contributed by atoms with Crippen LogP contribution in [0, 0.1) is 13.8 Å². The van der Waals surface area contributed by atoms with Gasteiger partial charge in [0.15, 0.2) is 5.82 Å². The standard InChI is InChI=1S/C10H10BrN3/c1-7-5-9(11)10(12-6-7)14-4-3-8(2)13-14/h3-6H,1-2H3. The summed E-state index contributed by atoms with van der Waals surface area (Å²) >= 11 is 3.47. The highest BCUT2D eigenvalue weighted by atomic mass is 79.9. The van der Waals surface area contributed by atoms with Crippen molar-refractivity contribution in [2.75, 3.05) is 0 Å². The molecule has 72 valence electrons. The molecule has 0 bridgehead atoms. The zero-order chi connectivity index (χ0) is 10.1. The molecule has 14 heavy (non-hydrogen) atoms. The van der Waals surface area contributed by atoms with Gasteiger partial charge in [0.2, 0.25) is 0 Å². The van der Waals surface area contributed by atoms with Gasteiger partial charge in [-0.1, -0.05) is 0 Å². The highest BCUT2D eigenvalue weighted by Crippen LogP contribution is 2.18. The topological polar surface area (TPSA) is 30.7 Å². The van der Waals surface area contributed by atoms with Crippen LogP contribution in [0.2, 0.25) is 0 Å². The third kappa shape index (κ3) is 1.70. The van der Waals surface area contributed by atoms with Gasteiger partial charge in [-0.3, -0.25) is 0 Å². The largest absolute Gasteiger partial charge is 0.236 e. The summed E-state index contributed by atoms with van der Waals surface area (Å²) in [6.07, 6.45) is 3.73. The molecule has 0 saturated carbocycles. The molecule has 4 heteroatoms. The zero-order valence-corrected chi connectivity index (χ0v) is 9.62. The summed E-state index contributed by atoms with van der Waals surface area (Å²) in [5, 5.41) is 4.30. The Morgan fingerprint density at radius 3 is 2.71 bits per heavy atom. The van der Waals surface area contributed by atoms with Crippen molar-refractivity contribution in [1.29, 1.82) is 0 Å². The summed E-state index contributed by atoms with van der Waals surface area (Å²) in [7, 11) is 0. The Morgan fingerprint density at radius 2 is 2.14 bits per heavy atom. The third-order valence-electron chi connectivity index (χ3n) is 1.90. The molecule has 2 rings (SSSR count). The Balaban J connectivity index is 2.52. The summed E-state index contributed by atoms with van der Waals surface area (Å²) < 4.78 is 2.72. The predicted molar refractivity (Wildman–Crippen MR) is 58.5 cm³/mol. The molecular weight excluding hydrogens is 242 g/mol. The van der Waals surface area contributed by atoms with E-state index in [-0.39, 0.29) is 0 Å². The lowest BCUT2D eigenvalue weighted by molar-refractivity contribution is 0.826. The van der Waals surface area contributed by atoms with Gasteiger partial charge in [-0.15, -0.1) is 0 Å². The number of halogens is 1. The number of rotatable bonds is 1. The van der Waals surface area contributed by atoms with Gasteiger partial charge in [-0.25, -0.2) is 9.67 Å². The smallest absolute Gasteiger partial charge is 0.167 e. The molecule has 2 heterocycles. The maximum atomic E-state index is 4.31. The van der Waals surface area contributed by atoms with Crippen LogP contribution in [0.5, 0.6) is 0 Å². The molecule has 3 nitrogen and oxygen atoms in total. The van der Waals surface area contributed by atoms with E-state index < -0.39 is 0 Å². The average Bonchev–Trinajstić information content (AvgIpc) is 2.51. The highest BCUT2D eigenvalue weighted by Gasteiger charge is 2.04. The van der Waals surface area contributed by atoms with Crippen molar-refractivity contribution >= 4 is 15.9 Å². The normalized spacial score (nSPS) is 10.5. The molecule has 0 fully saturated rings. The average molecular weight is 252 g/mol. The van der Waals surface area contributed by atoms with Crippen LogP contribution in [-0.2, 0) is 0 Å². The number of pyridine rings is 1. The molecule has 2 aromatic rings. The second-order valence-electron chi connectivity index (χ2n) is 3.22. The summed E-state index contributed by atoms with van der Waals surface area (Å²) in [4.78, 5) is 4.31. The van der Waals surface area contributed by atoms with E-state index in [0.717, 1.165) is 21.5 Å². The molecule has 0 spiro atoms. The number of hydrogen-bond acceptors (Lipinski definition) is 2. The quantitative estimate of drug-likeness (QED) is 0.781. The van der Waals surface area contributed by atoms with Gasteiger partial charge in [0.25, 0.3) is 0 Å². The first kappa shape index (κ1) is 9.40. The Kier molecular flexibility index (Phi) is 2.37. The van der Waals surface area contributed by atoms with Crippen molar-refractivity contribution in [3.63, 3.8) is 0 Å². The minimum absolute atomic E-state index is 0.823. The summed E-state index contributed by atoms with van der Waals surface area (Å²) in [6, 6.07) is 3.98. The first-order chi connectivity index (χ1) is 6.66. The molecular formula is C10H10BrN3. The minimum atomic E-state index is 0.823. The van der Waals surface area contributed by atoms with Crippen LogP contribution in [0.4, 0.5) is 0 Å². The predicted octanol–water partition coefficient (Wildman–Crippen LogP) is 2.65. The maximum Gasteiger partial charge on any atom is 0.167 e. The van der Waals surface area contributed by atoms with E-state index in [0.29, 0.717) is 0 Å². The van der Waals surface area contributed by atoms with Gasteiger partial charge < -0.3 is 0 Å². The van der Waals surface area contributed by atoms with E-state index in [1.54, 1.807) is 4.68 Å². The van der Waals surface area contributed by atoms with E-state index in [9.17, 15) is 0 Å². The van der Waals surface area contributed by atoms with Crippen LogP contribution in [-0.4, -0.2) is 14.8 Å². The van der Waals surface area contributed by atoms with Crippen LogP contribution in [0.15, 0.2) is 29.0 Å². The van der Waals surface area contributed by atoms with Crippen LogP contribution < -0.4 is 0 Å². The van der Waals surface area contributed by atoms with E-state index >= 15 is 0 Å². The van der Waals surface area contributed by atoms with Crippen molar-refractivity contribution in [1.82, 2.24) is 14.8 Å². The number of nitrogens with zero attached hydrogens (tertiary/aromatic N) is 3. The molecule has 0 radical (unpaired) electrons. The molecule has 0 saturated heterocycles. The van der Waals surface area contributed by atoms with Gasteiger partial charge >= 0.3 is 0 Å². The fourth-order valence-electron chi connectivity index (χ4n) is 1.23. The molecule has 0 amide bonds. The Hall–Kier alpha value is -1.16. The molecule has 2 aromatic heterocycles. The van der Waals surface area contributed by atoms with Crippen molar-refractivity contribution in [3.05, 3.63) is 40.3 Å². The number of hydrogen-bond donors (Lipinski definition) is 0. The molecule has 0 aliphatic heterocycles. The highest BCUT2D eigenvalue weighted by molar-refractivity contribution is 9.10. The summed E-state index contributed by atoms with van der Waals surface area (Å²) in [5.74, 6) is 0.823. The second-order valence-corrected chi connectivity index (χ2v) is 4.07. The van der Waals surface area contributed by atoms with Crippen molar-refractivity contribution in [3.8, 4) is 5.82 Å². The zero-order valence-electron chi connectivity index (χ0n) is 8.03. The van der Waals surface area contributed by atoms with Crippen LogP contribution >= 0.6 is 15.9 Å². The lowest BCUT2D eigenvalue weighted by atomic mass is 10.3. The molecule has 0 atom stereocenters. The van der Waals surface area contributed by atoms with E-state index in [1.807, 2.05) is 38.4 Å². The van der Waals surface area contributed by atoms with Crippen molar-refractivity contribution in [2.45, 2.75) is 13.8 Å². The molecule has 0 aliphatic carbocycles. The van der Waals surface area contributed by atoms with Gasteiger partial charge in [0.1, 0.15) is 0 Å². The van der Waals surface area contributed by atoms with E-state index in [1.165, 1.54) is 0 Å². The lowest BCUT2D eigenvalue weighted by Gasteiger charge is -2.03. The second kappa shape index (κ2) is 3.53. The Labute approximate surface area is 90.9 Å². The van der Waals surface area contributed by atoms with E-state index in [2.05, 4.69) is 26.0 Å². The third-order valence-corrected chi connectivity index (χ3v) is 2.48. The monoisotopic (exact) mass is 251 g/mol. The van der Waals surface area contributed by atoms with Crippen molar-refractivity contribution < 1.29 is 0 Å². The Bertz CT molecular complexity index is 462. The Morgan fingerprint density at radius 1 is 1.36 bits per heavy atom. The first-order valence-corrected chi connectivity index (χ1v) is 5.11. The fraction of sp³-hybridized carbons (Fsp3) is 0.200. The van der Waals surface area contributed by atoms with Crippen LogP contribution in [0.1, 0.15) is 11.3 Å². The van der Waals surface area contributed by atoms with Gasteiger partial charge in [0, 0.05) is 12.4 Å². The van der Waals surface area contributed by atoms with Crippen molar-refractivity contribution in [2.24, 2.45) is 0 Å².